The van der Waals surface area contributed by atoms with Crippen molar-refractivity contribution in [3.63, 3.8) is 0 Å². The van der Waals surface area contributed by atoms with E-state index >= 15 is 0 Å². The molecule has 11 nitrogen and oxygen atoms in total. The molecule has 0 unspecified atom stereocenters. The van der Waals surface area contributed by atoms with E-state index in [-0.39, 0.29) is 6.61 Å². The first-order valence-corrected chi connectivity index (χ1v) is 12.7. The number of aliphatic hydroxyl groups is 8. The third kappa shape index (κ3) is 6.81. The fourth-order valence-electron chi connectivity index (χ4n) is 4.30. The highest BCUT2D eigenvalue weighted by Crippen LogP contribution is 2.24. The summed E-state index contributed by atoms with van der Waals surface area (Å²) in [6.45, 7) is -0.946. The zero-order valence-electron chi connectivity index (χ0n) is 21.3. The van der Waals surface area contributed by atoms with Gasteiger partial charge in [-0.1, -0.05) is 54.0 Å². The third-order valence-corrected chi connectivity index (χ3v) is 6.71. The van der Waals surface area contributed by atoms with E-state index in [0.717, 1.165) is 5.56 Å². The normalized spacial score (nSPS) is 33.7. The molecule has 2 aromatic carbocycles. The van der Waals surface area contributed by atoms with Gasteiger partial charge in [-0.15, -0.1) is 0 Å². The maximum absolute atomic E-state index is 10.3. The van der Waals surface area contributed by atoms with Crippen LogP contribution < -0.4 is 4.74 Å². The molecule has 0 saturated carbocycles. The molecule has 0 amide bonds. The van der Waals surface area contributed by atoms with Crippen molar-refractivity contribution in [1.82, 2.24) is 0 Å². The van der Waals surface area contributed by atoms with Crippen molar-refractivity contribution in [2.24, 2.45) is 0 Å². The molecule has 2 aliphatic rings. The average Bonchev–Trinajstić information content (AvgIpc) is 2.98. The quantitative estimate of drug-likeness (QED) is 0.184. The van der Waals surface area contributed by atoms with E-state index < -0.39 is 74.3 Å². The lowest BCUT2D eigenvalue weighted by molar-refractivity contribution is -0.214. The fourth-order valence-corrected chi connectivity index (χ4v) is 4.30. The summed E-state index contributed by atoms with van der Waals surface area (Å²) in [6.07, 6.45) is -13.6. The van der Waals surface area contributed by atoms with Gasteiger partial charge in [0.25, 0.3) is 0 Å². The summed E-state index contributed by atoms with van der Waals surface area (Å²) in [7, 11) is 0. The van der Waals surface area contributed by atoms with E-state index in [2.05, 4.69) is 23.7 Å². The molecule has 2 saturated heterocycles. The van der Waals surface area contributed by atoms with Crippen LogP contribution in [0.2, 0.25) is 0 Å². The second-order valence-corrected chi connectivity index (χ2v) is 9.52. The predicted molar refractivity (Wildman–Crippen MR) is 139 cm³/mol. The molecule has 4 rings (SSSR count). The molecule has 2 fully saturated rings. The Morgan fingerprint density at radius 3 is 1.75 bits per heavy atom. The smallest absolute Gasteiger partial charge is 0.147 e. The van der Waals surface area contributed by atoms with Crippen molar-refractivity contribution in [2.45, 2.75) is 67.6 Å². The first-order valence-electron chi connectivity index (χ1n) is 12.7. The number of hydrogen-bond donors (Lipinski definition) is 8. The molecule has 40 heavy (non-hydrogen) atoms. The lowest BCUT2D eigenvalue weighted by Crippen LogP contribution is -2.58. The molecule has 11 heteroatoms. The molecule has 0 aliphatic carbocycles. The zero-order valence-corrected chi connectivity index (χ0v) is 21.3. The third-order valence-electron chi connectivity index (χ3n) is 6.71. The highest BCUT2D eigenvalue weighted by Gasteiger charge is 2.43. The van der Waals surface area contributed by atoms with Crippen molar-refractivity contribution in [3.05, 3.63) is 65.2 Å². The van der Waals surface area contributed by atoms with Gasteiger partial charge in [-0.05, 0) is 23.8 Å². The van der Waals surface area contributed by atoms with E-state index in [1.165, 1.54) is 0 Å². The molecule has 2 heterocycles. The van der Waals surface area contributed by atoms with Crippen LogP contribution in [0.3, 0.4) is 0 Å². The average molecular weight is 557 g/mol. The van der Waals surface area contributed by atoms with E-state index in [9.17, 15) is 40.9 Å². The van der Waals surface area contributed by atoms with Crippen molar-refractivity contribution >= 4 is 0 Å². The van der Waals surface area contributed by atoms with Crippen LogP contribution in [0.15, 0.2) is 48.5 Å². The number of hydrogen-bond acceptors (Lipinski definition) is 11. The Hall–Kier alpha value is -3.04. The Morgan fingerprint density at radius 1 is 0.650 bits per heavy atom. The largest absolute Gasteiger partial charge is 0.488 e. The highest BCUT2D eigenvalue weighted by atomic mass is 16.5. The Morgan fingerprint density at radius 2 is 1.20 bits per heavy atom. The van der Waals surface area contributed by atoms with Crippen molar-refractivity contribution in [3.8, 4) is 29.4 Å². The molecule has 0 bridgehead atoms. The standard InChI is InChI=1S/C29H32O11/c30-13-22-26(34)28(36)24(32)19(39-22)10-7-16-6-8-18(21(12-16)38-15-17-4-2-1-3-5-17)9-11-20-25(33)29(37)27(35)23(14-31)40-20/h1-6,8,12,19-20,22-37H,13-15H2/t19-,20-,22-,23-,24-,25-,26-,27-,28-,29-/m1/s1. The fraction of sp³-hybridized carbons (Fsp3) is 0.448. The van der Waals surface area contributed by atoms with Crippen molar-refractivity contribution < 1.29 is 55.1 Å². The van der Waals surface area contributed by atoms with Gasteiger partial charge in [-0.2, -0.15) is 0 Å². The van der Waals surface area contributed by atoms with Gasteiger partial charge in [0.05, 0.1) is 18.8 Å². The minimum Gasteiger partial charge on any atom is -0.488 e. The van der Waals surface area contributed by atoms with E-state index in [1.54, 1.807) is 18.2 Å². The lowest BCUT2D eigenvalue weighted by atomic mass is 9.95. The Bertz CT molecular complexity index is 1240. The summed E-state index contributed by atoms with van der Waals surface area (Å²) in [5, 5.41) is 79.4. The Kier molecular flexibility index (Phi) is 10.1. The Balaban J connectivity index is 1.60. The van der Waals surface area contributed by atoms with Crippen LogP contribution in [-0.4, -0.2) is 115 Å². The van der Waals surface area contributed by atoms with Crippen LogP contribution in [0, 0.1) is 23.7 Å². The second kappa shape index (κ2) is 13.5. The summed E-state index contributed by atoms with van der Waals surface area (Å²) in [5.41, 5.74) is 1.72. The molecule has 10 atom stereocenters. The summed E-state index contributed by atoms with van der Waals surface area (Å²) >= 11 is 0. The number of benzene rings is 2. The van der Waals surface area contributed by atoms with Crippen LogP contribution in [0.5, 0.6) is 5.75 Å². The molecule has 0 radical (unpaired) electrons. The number of ether oxygens (including phenoxy) is 3. The first kappa shape index (κ1) is 29.9. The summed E-state index contributed by atoms with van der Waals surface area (Å²) in [6, 6.07) is 14.2. The van der Waals surface area contributed by atoms with E-state index in [1.807, 2.05) is 30.3 Å². The van der Waals surface area contributed by atoms with Crippen LogP contribution >= 0.6 is 0 Å². The van der Waals surface area contributed by atoms with E-state index in [0.29, 0.717) is 16.9 Å². The zero-order chi connectivity index (χ0) is 28.8. The van der Waals surface area contributed by atoms with Gasteiger partial charge in [-0.25, -0.2) is 0 Å². The topological polar surface area (TPSA) is 190 Å². The van der Waals surface area contributed by atoms with Crippen molar-refractivity contribution in [2.75, 3.05) is 13.2 Å². The summed E-state index contributed by atoms with van der Waals surface area (Å²) in [4.78, 5) is 0. The van der Waals surface area contributed by atoms with Gasteiger partial charge in [0.15, 0.2) is 0 Å². The molecule has 214 valence electrons. The highest BCUT2D eigenvalue weighted by molar-refractivity contribution is 5.52. The minimum atomic E-state index is -1.56. The van der Waals surface area contributed by atoms with E-state index in [4.69, 9.17) is 14.2 Å². The minimum absolute atomic E-state index is 0.194. The summed E-state index contributed by atoms with van der Waals surface area (Å²) < 4.78 is 16.9. The summed E-state index contributed by atoms with van der Waals surface area (Å²) in [5.74, 6) is 11.4. The predicted octanol–water partition coefficient (Wildman–Crippen LogP) is -2.35. The second-order valence-electron chi connectivity index (χ2n) is 9.52. The van der Waals surface area contributed by atoms with Crippen LogP contribution in [0.4, 0.5) is 0 Å². The van der Waals surface area contributed by atoms with Crippen LogP contribution in [0.1, 0.15) is 16.7 Å². The molecule has 2 aromatic rings. The SMILES string of the molecule is OC[C@H]1O[C@H](C#Cc2ccc(C#C[C@H]3O[C@H](CO)[C@@H](O)[C@H](O)[C@@H]3O)c(OCc3ccccc3)c2)[C@@H](O)[C@@H](O)[C@@H]1O. The van der Waals surface area contributed by atoms with Gasteiger partial charge in [0.1, 0.15) is 73.4 Å². The molecule has 8 N–H and O–H groups in total. The van der Waals surface area contributed by atoms with Crippen LogP contribution in [-0.2, 0) is 16.1 Å². The number of aliphatic hydroxyl groups excluding tert-OH is 8. The van der Waals surface area contributed by atoms with Gasteiger partial charge >= 0.3 is 0 Å². The number of rotatable bonds is 5. The van der Waals surface area contributed by atoms with Crippen LogP contribution in [0.25, 0.3) is 0 Å². The molecular formula is C29H32O11. The maximum Gasteiger partial charge on any atom is 0.147 e. The molecule has 2 aliphatic heterocycles. The first-order chi connectivity index (χ1) is 19.2. The molecular weight excluding hydrogens is 524 g/mol. The van der Waals surface area contributed by atoms with Crippen molar-refractivity contribution in [1.29, 1.82) is 0 Å². The monoisotopic (exact) mass is 556 g/mol. The Labute approximate surface area is 230 Å². The van der Waals surface area contributed by atoms with Gasteiger partial charge in [0, 0.05) is 5.56 Å². The van der Waals surface area contributed by atoms with Gasteiger partial charge in [-0.3, -0.25) is 0 Å². The molecule has 0 spiro atoms. The lowest BCUT2D eigenvalue weighted by Gasteiger charge is -2.37. The van der Waals surface area contributed by atoms with Gasteiger partial charge < -0.3 is 55.1 Å². The van der Waals surface area contributed by atoms with Gasteiger partial charge in [0.2, 0.25) is 0 Å². The molecule has 0 aromatic heterocycles. The maximum atomic E-state index is 10.3.